The van der Waals surface area contributed by atoms with Crippen LogP contribution in [0.15, 0.2) is 18.2 Å². The molecule has 160 valence electrons. The highest BCUT2D eigenvalue weighted by atomic mass is 19.1. The van der Waals surface area contributed by atoms with E-state index in [-0.39, 0.29) is 23.4 Å². The highest BCUT2D eigenvalue weighted by molar-refractivity contribution is 5.90. The fraction of sp³-hybridized carbons (Fsp3) is 0.696. The fourth-order valence-corrected chi connectivity index (χ4v) is 4.89. The van der Waals surface area contributed by atoms with Crippen LogP contribution in [0.25, 0.3) is 0 Å². The van der Waals surface area contributed by atoms with Gasteiger partial charge < -0.3 is 14.2 Å². The smallest absolute Gasteiger partial charge is 0.338 e. The van der Waals surface area contributed by atoms with Gasteiger partial charge in [-0.2, -0.15) is 0 Å². The average Bonchev–Trinajstić information content (AvgIpc) is 3.17. The van der Waals surface area contributed by atoms with E-state index in [0.717, 1.165) is 77.7 Å². The summed E-state index contributed by atoms with van der Waals surface area (Å²) in [7, 11) is 0. The standard InChI is InChI=1S/C23H32FNO4/c1-23(10-2-3-11-23)29-21-16-17(4-9-20(21)24)22(26)28-19-7-5-18(6-8-19)25-12-14-27-15-13-25/h4,9,16,18-19H,2-3,5-8,10-15H2,1H3. The zero-order chi connectivity index (χ0) is 20.3. The van der Waals surface area contributed by atoms with Gasteiger partial charge in [0.25, 0.3) is 0 Å². The summed E-state index contributed by atoms with van der Waals surface area (Å²) in [6.07, 6.45) is 7.75. The fourth-order valence-electron chi connectivity index (χ4n) is 4.89. The molecule has 0 amide bonds. The van der Waals surface area contributed by atoms with Gasteiger partial charge in [0.1, 0.15) is 11.7 Å². The van der Waals surface area contributed by atoms with Gasteiger partial charge in [-0.3, -0.25) is 4.90 Å². The number of halogens is 1. The first-order valence-electron chi connectivity index (χ1n) is 11.0. The zero-order valence-corrected chi connectivity index (χ0v) is 17.3. The van der Waals surface area contributed by atoms with Crippen LogP contribution in [0.5, 0.6) is 5.75 Å². The molecule has 0 N–H and O–H groups in total. The molecule has 1 aliphatic heterocycles. The lowest BCUT2D eigenvalue weighted by atomic mass is 9.91. The number of carbonyl (C=O) groups is 1. The maximum Gasteiger partial charge on any atom is 0.338 e. The lowest BCUT2D eigenvalue weighted by Gasteiger charge is -2.38. The van der Waals surface area contributed by atoms with Crippen molar-refractivity contribution in [3.63, 3.8) is 0 Å². The number of carbonyl (C=O) groups excluding carboxylic acids is 1. The second-order valence-corrected chi connectivity index (χ2v) is 8.89. The minimum Gasteiger partial charge on any atom is -0.484 e. The third-order valence-corrected chi connectivity index (χ3v) is 6.66. The highest BCUT2D eigenvalue weighted by Crippen LogP contribution is 2.35. The summed E-state index contributed by atoms with van der Waals surface area (Å²) in [5.41, 5.74) is 0.0135. The molecular formula is C23H32FNO4. The predicted octanol–water partition coefficient (Wildman–Crippen LogP) is 4.34. The van der Waals surface area contributed by atoms with E-state index in [9.17, 15) is 9.18 Å². The van der Waals surface area contributed by atoms with E-state index < -0.39 is 5.82 Å². The molecule has 6 heteroatoms. The molecule has 1 heterocycles. The van der Waals surface area contributed by atoms with E-state index in [4.69, 9.17) is 14.2 Å². The average molecular weight is 406 g/mol. The maximum atomic E-state index is 14.2. The summed E-state index contributed by atoms with van der Waals surface area (Å²) < 4.78 is 31.4. The minimum absolute atomic E-state index is 0.0680. The van der Waals surface area contributed by atoms with Gasteiger partial charge in [-0.25, -0.2) is 9.18 Å². The van der Waals surface area contributed by atoms with Crippen LogP contribution in [-0.2, 0) is 9.47 Å². The maximum absolute atomic E-state index is 14.2. The van der Waals surface area contributed by atoms with E-state index in [0.29, 0.717) is 11.6 Å². The monoisotopic (exact) mass is 405 g/mol. The van der Waals surface area contributed by atoms with Crippen LogP contribution in [0.4, 0.5) is 4.39 Å². The Hall–Kier alpha value is -1.66. The van der Waals surface area contributed by atoms with E-state index in [1.54, 1.807) is 0 Å². The number of ether oxygens (including phenoxy) is 3. The Kier molecular flexibility index (Phi) is 6.40. The van der Waals surface area contributed by atoms with Crippen LogP contribution in [0.2, 0.25) is 0 Å². The zero-order valence-electron chi connectivity index (χ0n) is 17.3. The molecule has 0 bridgehead atoms. The van der Waals surface area contributed by atoms with Gasteiger partial charge in [0, 0.05) is 19.1 Å². The second-order valence-electron chi connectivity index (χ2n) is 8.89. The number of benzene rings is 1. The molecule has 0 radical (unpaired) electrons. The van der Waals surface area contributed by atoms with Crippen LogP contribution < -0.4 is 4.74 Å². The number of hydrogen-bond donors (Lipinski definition) is 0. The van der Waals surface area contributed by atoms with Crippen LogP contribution in [0, 0.1) is 5.82 Å². The van der Waals surface area contributed by atoms with Crippen molar-refractivity contribution in [3.05, 3.63) is 29.6 Å². The van der Waals surface area contributed by atoms with Gasteiger partial charge in [-0.1, -0.05) is 0 Å². The van der Waals surface area contributed by atoms with E-state index in [1.807, 2.05) is 6.92 Å². The number of rotatable bonds is 5. The Morgan fingerprint density at radius 1 is 1.14 bits per heavy atom. The highest BCUT2D eigenvalue weighted by Gasteiger charge is 2.32. The molecule has 1 aromatic carbocycles. The molecule has 1 aromatic rings. The summed E-state index contributed by atoms with van der Waals surface area (Å²) in [6, 6.07) is 4.85. The first-order valence-corrected chi connectivity index (χ1v) is 11.0. The van der Waals surface area contributed by atoms with Gasteiger partial charge in [0.15, 0.2) is 11.6 Å². The lowest BCUT2D eigenvalue weighted by molar-refractivity contribution is -0.0138. The third-order valence-electron chi connectivity index (χ3n) is 6.66. The third kappa shape index (κ3) is 5.10. The summed E-state index contributed by atoms with van der Waals surface area (Å²) >= 11 is 0. The Balaban J connectivity index is 1.32. The quantitative estimate of drug-likeness (QED) is 0.682. The molecular weight excluding hydrogens is 373 g/mol. The molecule has 2 aliphatic carbocycles. The Morgan fingerprint density at radius 3 is 2.52 bits per heavy atom. The van der Waals surface area contributed by atoms with Crippen LogP contribution in [0.3, 0.4) is 0 Å². The molecule has 1 saturated heterocycles. The van der Waals surface area contributed by atoms with Crippen molar-refractivity contribution in [3.8, 4) is 5.75 Å². The van der Waals surface area contributed by atoms with Gasteiger partial charge in [0.05, 0.1) is 18.8 Å². The number of morpholine rings is 1. The molecule has 4 rings (SSSR count). The van der Waals surface area contributed by atoms with E-state index in [1.165, 1.54) is 18.2 Å². The molecule has 3 fully saturated rings. The lowest BCUT2D eigenvalue weighted by Crippen LogP contribution is -2.45. The van der Waals surface area contributed by atoms with Gasteiger partial charge in [-0.05, 0) is 76.5 Å². The van der Waals surface area contributed by atoms with Crippen LogP contribution in [-0.4, -0.2) is 54.9 Å². The van der Waals surface area contributed by atoms with Crippen molar-refractivity contribution >= 4 is 5.97 Å². The normalized spacial score (nSPS) is 27.5. The van der Waals surface area contributed by atoms with Crippen molar-refractivity contribution in [1.29, 1.82) is 0 Å². The predicted molar refractivity (Wildman–Crippen MR) is 108 cm³/mol. The molecule has 0 spiro atoms. The van der Waals surface area contributed by atoms with Crippen LogP contribution in [0.1, 0.15) is 68.6 Å². The van der Waals surface area contributed by atoms with Crippen molar-refractivity contribution in [2.24, 2.45) is 0 Å². The Labute approximate surface area is 172 Å². The van der Waals surface area contributed by atoms with Crippen LogP contribution >= 0.6 is 0 Å². The SMILES string of the molecule is CC1(Oc2cc(C(=O)OC3CCC(N4CCOCC4)CC3)ccc2F)CCCC1. The minimum atomic E-state index is -0.430. The molecule has 2 saturated carbocycles. The van der Waals surface area contributed by atoms with Gasteiger partial charge in [-0.15, -0.1) is 0 Å². The molecule has 5 nitrogen and oxygen atoms in total. The number of nitrogens with zero attached hydrogens (tertiary/aromatic N) is 1. The van der Waals surface area contributed by atoms with E-state index in [2.05, 4.69) is 4.90 Å². The van der Waals surface area contributed by atoms with Crippen molar-refractivity contribution < 1.29 is 23.4 Å². The summed E-state index contributed by atoms with van der Waals surface area (Å²) in [4.78, 5) is 15.1. The van der Waals surface area contributed by atoms with Crippen molar-refractivity contribution in [2.45, 2.75) is 76.0 Å². The summed E-state index contributed by atoms with van der Waals surface area (Å²) in [6.45, 7) is 5.61. The topological polar surface area (TPSA) is 48.0 Å². The van der Waals surface area contributed by atoms with Gasteiger partial charge >= 0.3 is 5.97 Å². The molecule has 0 aromatic heterocycles. The Morgan fingerprint density at radius 2 is 1.83 bits per heavy atom. The Bertz CT molecular complexity index is 705. The first kappa shape index (κ1) is 20.6. The first-order chi connectivity index (χ1) is 14.0. The van der Waals surface area contributed by atoms with Gasteiger partial charge in [0.2, 0.25) is 0 Å². The summed E-state index contributed by atoms with van der Waals surface area (Å²) in [5, 5.41) is 0. The number of hydrogen-bond acceptors (Lipinski definition) is 5. The van der Waals surface area contributed by atoms with Crippen molar-refractivity contribution in [1.82, 2.24) is 4.90 Å². The molecule has 0 atom stereocenters. The van der Waals surface area contributed by atoms with E-state index >= 15 is 0 Å². The van der Waals surface area contributed by atoms with Crippen molar-refractivity contribution in [2.75, 3.05) is 26.3 Å². The molecule has 0 unspecified atom stereocenters. The largest absolute Gasteiger partial charge is 0.484 e. The second kappa shape index (κ2) is 9.00. The summed E-state index contributed by atoms with van der Waals surface area (Å²) in [5.74, 6) is -0.665. The number of esters is 1. The molecule has 29 heavy (non-hydrogen) atoms. The molecule has 3 aliphatic rings.